The monoisotopic (exact) mass is 405 g/mol. The normalized spacial score (nSPS) is 32.0. The SMILES string of the molecule is COCCC(=O)N1C[C@@H]2CCCN3CCC[C@@H]([C@H]23)[C@H]1CCCC(=O)NCC1CC1. The topological polar surface area (TPSA) is 61.9 Å². The summed E-state index contributed by atoms with van der Waals surface area (Å²) in [6.07, 6.45) is 10.4. The summed E-state index contributed by atoms with van der Waals surface area (Å²) in [5, 5.41) is 3.09. The number of nitrogens with one attached hydrogen (secondary N) is 1. The molecule has 3 aliphatic heterocycles. The number of nitrogens with zero attached hydrogens (tertiary/aromatic N) is 2. The molecule has 4 fully saturated rings. The maximum absolute atomic E-state index is 13.0. The van der Waals surface area contributed by atoms with Gasteiger partial charge < -0.3 is 15.0 Å². The molecule has 6 nitrogen and oxygen atoms in total. The molecule has 164 valence electrons. The quantitative estimate of drug-likeness (QED) is 0.640. The average Bonchev–Trinajstić information content (AvgIpc) is 3.56. The lowest BCUT2D eigenvalue weighted by molar-refractivity contribution is -0.147. The molecular weight excluding hydrogens is 366 g/mol. The molecule has 0 radical (unpaired) electrons. The van der Waals surface area contributed by atoms with Crippen molar-refractivity contribution >= 4 is 11.8 Å². The largest absolute Gasteiger partial charge is 0.384 e. The van der Waals surface area contributed by atoms with Crippen LogP contribution in [-0.4, -0.2) is 73.6 Å². The summed E-state index contributed by atoms with van der Waals surface area (Å²) < 4.78 is 5.18. The van der Waals surface area contributed by atoms with Gasteiger partial charge in [0, 0.05) is 38.7 Å². The summed E-state index contributed by atoms with van der Waals surface area (Å²) in [5.74, 6) is 2.35. The first kappa shape index (κ1) is 21.1. The third-order valence-electron chi connectivity index (χ3n) is 7.70. The highest BCUT2D eigenvalue weighted by Gasteiger charge is 2.49. The van der Waals surface area contributed by atoms with Crippen LogP contribution in [0.2, 0.25) is 0 Å². The Morgan fingerprint density at radius 2 is 1.86 bits per heavy atom. The van der Waals surface area contributed by atoms with E-state index in [0.29, 0.717) is 37.3 Å². The highest BCUT2D eigenvalue weighted by molar-refractivity contribution is 5.77. The van der Waals surface area contributed by atoms with Crippen LogP contribution in [0.3, 0.4) is 0 Å². The molecule has 1 aliphatic carbocycles. The van der Waals surface area contributed by atoms with E-state index < -0.39 is 0 Å². The summed E-state index contributed by atoms with van der Waals surface area (Å²) in [6, 6.07) is 0.940. The molecule has 3 saturated heterocycles. The highest BCUT2D eigenvalue weighted by Crippen LogP contribution is 2.43. The highest BCUT2D eigenvalue weighted by atomic mass is 16.5. The van der Waals surface area contributed by atoms with Crippen LogP contribution < -0.4 is 5.32 Å². The van der Waals surface area contributed by atoms with Crippen molar-refractivity contribution in [2.24, 2.45) is 17.8 Å². The van der Waals surface area contributed by atoms with Gasteiger partial charge in [-0.2, -0.15) is 0 Å². The van der Waals surface area contributed by atoms with Crippen molar-refractivity contribution in [2.75, 3.05) is 39.9 Å². The molecule has 0 aromatic carbocycles. The molecule has 6 heteroatoms. The molecule has 1 N–H and O–H groups in total. The Bertz CT molecular complexity index is 578. The Balaban J connectivity index is 1.39. The van der Waals surface area contributed by atoms with Gasteiger partial charge in [0.15, 0.2) is 0 Å². The Morgan fingerprint density at radius 3 is 2.62 bits per heavy atom. The van der Waals surface area contributed by atoms with E-state index in [4.69, 9.17) is 4.74 Å². The Hall–Kier alpha value is -1.14. The van der Waals surface area contributed by atoms with Gasteiger partial charge in [-0.05, 0) is 82.2 Å². The smallest absolute Gasteiger partial charge is 0.225 e. The number of rotatable bonds is 9. The molecule has 0 unspecified atom stereocenters. The second kappa shape index (κ2) is 9.78. The maximum atomic E-state index is 13.0. The van der Waals surface area contributed by atoms with Gasteiger partial charge in [0.05, 0.1) is 13.0 Å². The average molecular weight is 406 g/mol. The van der Waals surface area contributed by atoms with Crippen molar-refractivity contribution in [3.8, 4) is 0 Å². The fourth-order valence-corrected chi connectivity index (χ4v) is 6.13. The predicted molar refractivity (Wildman–Crippen MR) is 112 cm³/mol. The van der Waals surface area contributed by atoms with E-state index in [1.807, 2.05) is 0 Å². The van der Waals surface area contributed by atoms with Crippen molar-refractivity contribution in [3.05, 3.63) is 0 Å². The van der Waals surface area contributed by atoms with Gasteiger partial charge in [-0.1, -0.05) is 0 Å². The van der Waals surface area contributed by atoms with Crippen molar-refractivity contribution < 1.29 is 14.3 Å². The van der Waals surface area contributed by atoms with E-state index in [0.717, 1.165) is 31.8 Å². The zero-order valence-corrected chi connectivity index (χ0v) is 18.1. The Morgan fingerprint density at radius 1 is 1.07 bits per heavy atom. The zero-order valence-electron chi connectivity index (χ0n) is 18.1. The van der Waals surface area contributed by atoms with Gasteiger partial charge >= 0.3 is 0 Å². The number of carbonyl (C=O) groups excluding carboxylic acids is 2. The van der Waals surface area contributed by atoms with Crippen LogP contribution in [0.4, 0.5) is 0 Å². The third kappa shape index (κ3) is 5.13. The van der Waals surface area contributed by atoms with Crippen molar-refractivity contribution in [3.63, 3.8) is 0 Å². The fraction of sp³-hybridized carbons (Fsp3) is 0.913. The summed E-state index contributed by atoms with van der Waals surface area (Å²) in [5.41, 5.74) is 0. The summed E-state index contributed by atoms with van der Waals surface area (Å²) in [4.78, 5) is 30.2. The van der Waals surface area contributed by atoms with Crippen molar-refractivity contribution in [2.45, 2.75) is 76.3 Å². The lowest BCUT2D eigenvalue weighted by atomic mass is 9.69. The van der Waals surface area contributed by atoms with E-state index in [1.54, 1.807) is 7.11 Å². The number of amides is 2. The number of carbonyl (C=O) groups is 2. The van der Waals surface area contributed by atoms with Gasteiger partial charge in [0.1, 0.15) is 0 Å². The van der Waals surface area contributed by atoms with Gasteiger partial charge in [0.25, 0.3) is 0 Å². The first-order valence-electron chi connectivity index (χ1n) is 12.0. The molecule has 0 aromatic heterocycles. The van der Waals surface area contributed by atoms with Crippen LogP contribution in [0.25, 0.3) is 0 Å². The second-order valence-corrected chi connectivity index (χ2v) is 9.73. The first-order chi connectivity index (χ1) is 14.2. The van der Waals surface area contributed by atoms with Crippen LogP contribution in [0.1, 0.15) is 64.2 Å². The van der Waals surface area contributed by atoms with Crippen LogP contribution in [0.5, 0.6) is 0 Å². The van der Waals surface area contributed by atoms with E-state index in [9.17, 15) is 9.59 Å². The molecule has 4 atom stereocenters. The first-order valence-corrected chi connectivity index (χ1v) is 12.0. The molecule has 29 heavy (non-hydrogen) atoms. The van der Waals surface area contributed by atoms with Gasteiger partial charge in [-0.3, -0.25) is 14.5 Å². The summed E-state index contributed by atoms with van der Waals surface area (Å²) in [6.45, 7) is 4.71. The molecule has 1 saturated carbocycles. The number of hydrogen-bond donors (Lipinski definition) is 1. The van der Waals surface area contributed by atoms with Crippen LogP contribution in [0.15, 0.2) is 0 Å². The molecule has 4 aliphatic rings. The number of likely N-dealkylation sites (tertiary alicyclic amines) is 1. The molecule has 0 spiro atoms. The minimum atomic E-state index is 0.186. The Kier molecular flexibility index (Phi) is 7.12. The van der Waals surface area contributed by atoms with Gasteiger partial charge in [0.2, 0.25) is 11.8 Å². The molecule has 2 amide bonds. The molecule has 0 bridgehead atoms. The maximum Gasteiger partial charge on any atom is 0.225 e. The van der Waals surface area contributed by atoms with E-state index in [-0.39, 0.29) is 17.9 Å². The third-order valence-corrected chi connectivity index (χ3v) is 7.70. The number of ether oxygens (including phenoxy) is 1. The standard InChI is InChI=1S/C23H39N3O3/c1-29-14-11-22(28)26-16-18-5-3-12-25-13-4-6-19(23(18)25)20(26)7-2-8-21(27)24-15-17-9-10-17/h17-20,23H,2-16H2,1H3,(H,24,27)/t18-,19+,20+,23-/m0/s1. The van der Waals surface area contributed by atoms with Crippen molar-refractivity contribution in [1.29, 1.82) is 0 Å². The predicted octanol–water partition coefficient (Wildman–Crippen LogP) is 2.42. The lowest BCUT2D eigenvalue weighted by Gasteiger charge is -2.57. The van der Waals surface area contributed by atoms with Crippen LogP contribution >= 0.6 is 0 Å². The van der Waals surface area contributed by atoms with E-state index >= 15 is 0 Å². The van der Waals surface area contributed by atoms with Crippen LogP contribution in [-0.2, 0) is 14.3 Å². The minimum absolute atomic E-state index is 0.186. The number of piperidine rings is 3. The lowest BCUT2D eigenvalue weighted by Crippen LogP contribution is -2.65. The number of methoxy groups -OCH3 is 1. The molecule has 0 aromatic rings. The van der Waals surface area contributed by atoms with E-state index in [2.05, 4.69) is 15.1 Å². The molecule has 4 rings (SSSR count). The van der Waals surface area contributed by atoms with Gasteiger partial charge in [-0.25, -0.2) is 0 Å². The van der Waals surface area contributed by atoms with Crippen LogP contribution in [0, 0.1) is 17.8 Å². The fourth-order valence-electron chi connectivity index (χ4n) is 6.13. The minimum Gasteiger partial charge on any atom is -0.384 e. The molecular formula is C23H39N3O3. The zero-order chi connectivity index (χ0) is 20.2. The second-order valence-electron chi connectivity index (χ2n) is 9.73. The number of hydrogen-bond acceptors (Lipinski definition) is 4. The molecule has 3 heterocycles. The summed E-state index contributed by atoms with van der Waals surface area (Å²) in [7, 11) is 1.66. The summed E-state index contributed by atoms with van der Waals surface area (Å²) >= 11 is 0. The van der Waals surface area contributed by atoms with Gasteiger partial charge in [-0.15, -0.1) is 0 Å². The van der Waals surface area contributed by atoms with Crippen molar-refractivity contribution in [1.82, 2.24) is 15.1 Å². The van der Waals surface area contributed by atoms with E-state index in [1.165, 1.54) is 51.6 Å². The Labute approximate surface area is 175 Å².